The van der Waals surface area contributed by atoms with Gasteiger partial charge in [-0.1, -0.05) is 75.1 Å². The van der Waals surface area contributed by atoms with Crippen LogP contribution in [0, 0.1) is 0 Å². The van der Waals surface area contributed by atoms with E-state index >= 15 is 0 Å². The Kier molecular flexibility index (Phi) is 7.13. The average molecular weight is 403 g/mol. The molecule has 1 aliphatic rings. The molecule has 28 heavy (non-hydrogen) atoms. The maximum absolute atomic E-state index is 13.0. The van der Waals surface area contributed by atoms with Crippen molar-refractivity contribution in [2.45, 2.75) is 69.2 Å². The summed E-state index contributed by atoms with van der Waals surface area (Å²) in [4.78, 5) is -1.13. The largest absolute Gasteiger partial charge is 0.311 e. The molecule has 0 aliphatic heterocycles. The van der Waals surface area contributed by atoms with Crippen molar-refractivity contribution in [1.82, 2.24) is 5.32 Å². The number of benzene rings is 2. The van der Waals surface area contributed by atoms with E-state index in [1.165, 1.54) is 16.3 Å². The van der Waals surface area contributed by atoms with Crippen LogP contribution in [0.1, 0.15) is 57.4 Å². The summed E-state index contributed by atoms with van der Waals surface area (Å²) in [5.74, 6) is 0.207. The lowest BCUT2D eigenvalue weighted by atomic mass is 9.90. The predicted octanol–water partition coefficient (Wildman–Crippen LogP) is 4.17. The summed E-state index contributed by atoms with van der Waals surface area (Å²) in [5, 5.41) is 6.02. The van der Waals surface area contributed by atoms with E-state index in [1.54, 1.807) is 0 Å². The first-order valence-corrected chi connectivity index (χ1v) is 12.3. The van der Waals surface area contributed by atoms with Gasteiger partial charge in [-0.2, -0.15) is 0 Å². The topological polar surface area (TPSA) is 72.2 Å². The molecule has 2 aromatic rings. The van der Waals surface area contributed by atoms with Crippen molar-refractivity contribution in [3.63, 3.8) is 0 Å². The third kappa shape index (κ3) is 4.58. The minimum Gasteiger partial charge on any atom is -0.311 e. The molecule has 0 aromatic heterocycles. The lowest BCUT2D eigenvalue weighted by molar-refractivity contribution is 0.287. The summed E-state index contributed by atoms with van der Waals surface area (Å²) in [5.41, 5.74) is 7.87. The molecule has 2 atom stereocenters. The smallest absolute Gasteiger partial charge is 0.170 e. The first kappa shape index (κ1) is 21.3. The summed E-state index contributed by atoms with van der Waals surface area (Å²) < 4.78 is 26.1. The highest BCUT2D eigenvalue weighted by Crippen LogP contribution is 2.32. The van der Waals surface area contributed by atoms with Gasteiger partial charge in [-0.3, -0.25) is 0 Å². The number of hydrogen-bond acceptors (Lipinski definition) is 4. The second-order valence-electron chi connectivity index (χ2n) is 8.12. The van der Waals surface area contributed by atoms with Crippen LogP contribution in [0.3, 0.4) is 0 Å². The zero-order valence-electron chi connectivity index (χ0n) is 17.0. The Balaban J connectivity index is 1.67. The number of nitrogens with one attached hydrogen (secondary N) is 1. The fourth-order valence-corrected chi connectivity index (χ4v) is 6.49. The lowest BCUT2D eigenvalue weighted by Crippen LogP contribution is -2.64. The van der Waals surface area contributed by atoms with Gasteiger partial charge in [0, 0.05) is 6.04 Å². The number of nitrogens with two attached hydrogens (primary N) is 1. The minimum atomic E-state index is -3.32. The maximum Gasteiger partial charge on any atom is 0.170 e. The van der Waals surface area contributed by atoms with Crippen LogP contribution < -0.4 is 11.1 Å². The highest BCUT2D eigenvalue weighted by Gasteiger charge is 2.47. The van der Waals surface area contributed by atoms with Crippen LogP contribution in [0.15, 0.2) is 42.5 Å². The number of sulfone groups is 1. The zero-order chi connectivity index (χ0) is 20.0. The predicted molar refractivity (Wildman–Crippen MR) is 118 cm³/mol. The monoisotopic (exact) mass is 402 g/mol. The number of hydrogen-bond donors (Lipinski definition) is 2. The molecule has 154 valence electrons. The Bertz CT molecular complexity index is 876. The molecule has 0 amide bonds. The molecule has 0 bridgehead atoms. The molecule has 1 aliphatic carbocycles. The van der Waals surface area contributed by atoms with E-state index in [0.29, 0.717) is 12.8 Å². The van der Waals surface area contributed by atoms with E-state index in [1.807, 2.05) is 0 Å². The van der Waals surface area contributed by atoms with E-state index in [-0.39, 0.29) is 11.8 Å². The van der Waals surface area contributed by atoms with E-state index < -0.39 is 14.7 Å². The molecule has 0 spiro atoms. The Labute approximate surface area is 169 Å². The van der Waals surface area contributed by atoms with Crippen LogP contribution in [0.5, 0.6) is 0 Å². The van der Waals surface area contributed by atoms with Gasteiger partial charge in [0.1, 0.15) is 4.87 Å². The van der Waals surface area contributed by atoms with Crippen LogP contribution in [0.25, 0.3) is 10.8 Å². The molecule has 0 radical (unpaired) electrons. The molecule has 1 saturated carbocycles. The molecule has 3 N–H and O–H groups in total. The highest BCUT2D eigenvalue weighted by atomic mass is 32.2. The van der Waals surface area contributed by atoms with Gasteiger partial charge >= 0.3 is 0 Å². The maximum atomic E-state index is 13.0. The van der Waals surface area contributed by atoms with Gasteiger partial charge in [-0.05, 0) is 48.6 Å². The van der Waals surface area contributed by atoms with Crippen molar-refractivity contribution in [3.8, 4) is 0 Å². The van der Waals surface area contributed by atoms with Crippen LogP contribution in [0.4, 0.5) is 0 Å². The first-order chi connectivity index (χ1) is 13.5. The molecule has 0 saturated heterocycles. The normalized spacial score (nSPS) is 23.1. The number of fused-ring (bicyclic) bond motifs is 1. The summed E-state index contributed by atoms with van der Waals surface area (Å²) in [7, 11) is -3.32. The molecule has 2 unspecified atom stereocenters. The van der Waals surface area contributed by atoms with Crippen molar-refractivity contribution >= 4 is 20.6 Å². The second-order valence-corrected chi connectivity index (χ2v) is 10.5. The summed E-state index contributed by atoms with van der Waals surface area (Å²) in [6, 6.07) is 14.6. The Morgan fingerprint density at radius 2 is 1.89 bits per heavy atom. The van der Waals surface area contributed by atoms with Gasteiger partial charge in [0.25, 0.3) is 0 Å². The van der Waals surface area contributed by atoms with Gasteiger partial charge in [0.05, 0.1) is 5.75 Å². The second kappa shape index (κ2) is 9.38. The van der Waals surface area contributed by atoms with Crippen LogP contribution >= 0.6 is 0 Å². The van der Waals surface area contributed by atoms with Crippen molar-refractivity contribution in [2.24, 2.45) is 5.73 Å². The SMILES string of the molecule is CCCCCS(=O)(=O)C1(N)CCCCC1NCCc1cccc2ccccc12. The zero-order valence-corrected chi connectivity index (χ0v) is 17.8. The van der Waals surface area contributed by atoms with E-state index in [4.69, 9.17) is 5.73 Å². The minimum absolute atomic E-state index is 0.164. The van der Waals surface area contributed by atoms with Crippen molar-refractivity contribution in [1.29, 1.82) is 0 Å². The van der Waals surface area contributed by atoms with Gasteiger partial charge in [0.15, 0.2) is 9.84 Å². The van der Waals surface area contributed by atoms with Crippen LogP contribution in [-0.4, -0.2) is 31.6 Å². The van der Waals surface area contributed by atoms with Gasteiger partial charge in [0.2, 0.25) is 0 Å². The molecule has 0 heterocycles. The standard InChI is InChI=1S/C23H34N2O2S/c1-2-3-8-18-28(26,27)23(24)16-7-6-14-22(23)25-17-15-20-12-9-11-19-10-4-5-13-21(19)20/h4-5,9-13,22,25H,2-3,6-8,14-18,24H2,1H3. The Morgan fingerprint density at radius 1 is 1.11 bits per heavy atom. The van der Waals surface area contributed by atoms with Crippen molar-refractivity contribution in [2.75, 3.05) is 12.3 Å². The van der Waals surface area contributed by atoms with Gasteiger partial charge in [-0.15, -0.1) is 0 Å². The fraction of sp³-hybridized carbons (Fsp3) is 0.565. The molecule has 3 rings (SSSR count). The molecule has 5 heteroatoms. The summed E-state index contributed by atoms with van der Waals surface area (Å²) in [6.45, 7) is 2.82. The Hall–Kier alpha value is -1.43. The van der Waals surface area contributed by atoms with Gasteiger partial charge < -0.3 is 11.1 Å². The molecule has 2 aromatic carbocycles. The molecule has 1 fully saturated rings. The first-order valence-electron chi connectivity index (χ1n) is 10.7. The third-order valence-corrected chi connectivity index (χ3v) is 8.63. The average Bonchev–Trinajstić information content (AvgIpc) is 2.69. The van der Waals surface area contributed by atoms with Crippen molar-refractivity contribution < 1.29 is 8.42 Å². The molecular formula is C23H34N2O2S. The third-order valence-electron chi connectivity index (χ3n) is 6.16. The van der Waals surface area contributed by atoms with E-state index in [0.717, 1.165) is 45.1 Å². The van der Waals surface area contributed by atoms with Crippen molar-refractivity contribution in [3.05, 3.63) is 48.0 Å². The fourth-order valence-electron chi connectivity index (χ4n) is 4.44. The number of unbranched alkanes of at least 4 members (excludes halogenated alkanes) is 2. The van der Waals surface area contributed by atoms with Crippen LogP contribution in [-0.2, 0) is 16.3 Å². The van der Waals surface area contributed by atoms with E-state index in [2.05, 4.69) is 54.7 Å². The molecule has 4 nitrogen and oxygen atoms in total. The lowest BCUT2D eigenvalue weighted by Gasteiger charge is -2.41. The molecular weight excluding hydrogens is 368 g/mol. The number of rotatable bonds is 9. The highest BCUT2D eigenvalue weighted by molar-refractivity contribution is 7.92. The summed E-state index contributed by atoms with van der Waals surface area (Å²) in [6.07, 6.45) is 6.85. The van der Waals surface area contributed by atoms with E-state index in [9.17, 15) is 8.42 Å². The van der Waals surface area contributed by atoms with Crippen LogP contribution in [0.2, 0.25) is 0 Å². The summed E-state index contributed by atoms with van der Waals surface area (Å²) >= 11 is 0. The Morgan fingerprint density at radius 3 is 2.71 bits per heavy atom. The van der Waals surface area contributed by atoms with Gasteiger partial charge in [-0.25, -0.2) is 8.42 Å². The quantitative estimate of drug-likeness (QED) is 0.617.